The molecule has 2 aromatic rings. The molecule has 8 heteroatoms. The van der Waals surface area contributed by atoms with E-state index in [9.17, 15) is 4.79 Å². The minimum absolute atomic E-state index is 0. The summed E-state index contributed by atoms with van der Waals surface area (Å²) in [5.41, 5.74) is 8.87. The summed E-state index contributed by atoms with van der Waals surface area (Å²) in [4.78, 5) is 14.7. The fraction of sp³-hybridized carbons (Fsp3) is 0.381. The van der Waals surface area contributed by atoms with E-state index in [4.69, 9.17) is 15.2 Å². The predicted octanol–water partition coefficient (Wildman–Crippen LogP) is 3.06. The molecular formula is C21H29Cl2N3O3. The maximum atomic E-state index is 12.4. The topological polar surface area (TPSA) is 76.8 Å². The molecule has 1 saturated heterocycles. The van der Waals surface area contributed by atoms with Crippen LogP contribution >= 0.6 is 24.8 Å². The van der Waals surface area contributed by atoms with Crippen LogP contribution in [0.25, 0.3) is 0 Å². The van der Waals surface area contributed by atoms with Gasteiger partial charge in [-0.2, -0.15) is 0 Å². The highest BCUT2D eigenvalue weighted by molar-refractivity contribution is 5.96. The van der Waals surface area contributed by atoms with Gasteiger partial charge in [0, 0.05) is 37.4 Å². The van der Waals surface area contributed by atoms with Crippen molar-refractivity contribution in [2.24, 2.45) is 0 Å². The van der Waals surface area contributed by atoms with Gasteiger partial charge >= 0.3 is 0 Å². The number of halogens is 2. The number of ether oxygens (including phenoxy) is 2. The molecular weight excluding hydrogens is 413 g/mol. The summed E-state index contributed by atoms with van der Waals surface area (Å²) >= 11 is 0. The first-order valence-electron chi connectivity index (χ1n) is 9.28. The van der Waals surface area contributed by atoms with Crippen LogP contribution in [0.4, 0.5) is 5.69 Å². The van der Waals surface area contributed by atoms with Gasteiger partial charge in [-0.3, -0.25) is 9.69 Å². The van der Waals surface area contributed by atoms with Crippen LogP contribution < -0.4 is 15.8 Å². The number of amides is 1. The van der Waals surface area contributed by atoms with Crippen molar-refractivity contribution >= 4 is 36.4 Å². The van der Waals surface area contributed by atoms with E-state index in [0.29, 0.717) is 24.4 Å². The van der Waals surface area contributed by atoms with Crippen molar-refractivity contribution in [1.29, 1.82) is 0 Å². The summed E-state index contributed by atoms with van der Waals surface area (Å²) in [6.07, 6.45) is 0. The molecule has 0 aromatic heterocycles. The number of nitrogens with one attached hydrogen (secondary N) is 1. The van der Waals surface area contributed by atoms with Crippen LogP contribution in [-0.2, 0) is 11.3 Å². The zero-order chi connectivity index (χ0) is 19.1. The number of carbonyl (C=O) groups is 1. The molecule has 1 heterocycles. The molecule has 0 bridgehead atoms. The number of anilines is 1. The Morgan fingerprint density at radius 2 is 1.93 bits per heavy atom. The molecule has 1 aliphatic heterocycles. The van der Waals surface area contributed by atoms with E-state index in [1.165, 1.54) is 0 Å². The lowest BCUT2D eigenvalue weighted by atomic mass is 10.1. The molecule has 0 spiro atoms. The molecule has 1 amide bonds. The maximum absolute atomic E-state index is 12.4. The Morgan fingerprint density at radius 1 is 1.17 bits per heavy atom. The third-order valence-electron chi connectivity index (χ3n) is 4.64. The van der Waals surface area contributed by atoms with E-state index in [0.717, 1.165) is 49.7 Å². The van der Waals surface area contributed by atoms with Gasteiger partial charge in [0.2, 0.25) is 0 Å². The van der Waals surface area contributed by atoms with Crippen LogP contribution in [0.2, 0.25) is 0 Å². The van der Waals surface area contributed by atoms with Crippen LogP contribution in [0.5, 0.6) is 5.75 Å². The highest BCUT2D eigenvalue weighted by Gasteiger charge is 2.11. The molecule has 3 rings (SSSR count). The van der Waals surface area contributed by atoms with Crippen LogP contribution in [0.15, 0.2) is 42.5 Å². The lowest BCUT2D eigenvalue weighted by Gasteiger charge is -2.26. The maximum Gasteiger partial charge on any atom is 0.251 e. The summed E-state index contributed by atoms with van der Waals surface area (Å²) < 4.78 is 11.2. The van der Waals surface area contributed by atoms with Crippen LogP contribution in [-0.4, -0.2) is 50.3 Å². The minimum Gasteiger partial charge on any atom is -0.492 e. The average molecular weight is 442 g/mol. The molecule has 1 aliphatic rings. The number of benzene rings is 2. The zero-order valence-corrected chi connectivity index (χ0v) is 18.2. The fourth-order valence-electron chi connectivity index (χ4n) is 3.02. The summed E-state index contributed by atoms with van der Waals surface area (Å²) in [5, 5.41) is 2.95. The van der Waals surface area contributed by atoms with Crippen molar-refractivity contribution < 1.29 is 14.3 Å². The average Bonchev–Trinajstić information content (AvgIpc) is 2.69. The number of carbonyl (C=O) groups excluding carboxylic acids is 1. The van der Waals surface area contributed by atoms with E-state index >= 15 is 0 Å². The van der Waals surface area contributed by atoms with Crippen LogP contribution in [0.3, 0.4) is 0 Å². The first kappa shape index (κ1) is 25.0. The highest BCUT2D eigenvalue weighted by atomic mass is 35.5. The largest absolute Gasteiger partial charge is 0.492 e. The molecule has 0 unspecified atom stereocenters. The van der Waals surface area contributed by atoms with Gasteiger partial charge in [0.25, 0.3) is 5.91 Å². The number of morpholine rings is 1. The number of nitrogens with two attached hydrogens (primary N) is 1. The molecule has 29 heavy (non-hydrogen) atoms. The summed E-state index contributed by atoms with van der Waals surface area (Å²) in [6.45, 7) is 7.36. The summed E-state index contributed by atoms with van der Waals surface area (Å²) in [7, 11) is 0. The van der Waals surface area contributed by atoms with Crippen molar-refractivity contribution in [3.05, 3.63) is 59.2 Å². The Morgan fingerprint density at radius 3 is 2.69 bits per heavy atom. The van der Waals surface area contributed by atoms with Crippen LogP contribution in [0, 0.1) is 6.92 Å². The van der Waals surface area contributed by atoms with E-state index in [2.05, 4.69) is 10.2 Å². The Kier molecular flexibility index (Phi) is 10.8. The van der Waals surface area contributed by atoms with Gasteiger partial charge < -0.3 is 20.5 Å². The van der Waals surface area contributed by atoms with Gasteiger partial charge in [-0.25, -0.2) is 0 Å². The second-order valence-corrected chi connectivity index (χ2v) is 6.71. The lowest BCUT2D eigenvalue weighted by Crippen LogP contribution is -2.38. The zero-order valence-electron chi connectivity index (χ0n) is 16.6. The second kappa shape index (κ2) is 12.5. The molecule has 0 atom stereocenters. The van der Waals surface area contributed by atoms with Crippen molar-refractivity contribution in [3.63, 3.8) is 0 Å². The molecule has 0 aliphatic carbocycles. The minimum atomic E-state index is -0.126. The molecule has 2 aromatic carbocycles. The second-order valence-electron chi connectivity index (χ2n) is 6.71. The number of hydrogen-bond acceptors (Lipinski definition) is 5. The predicted molar refractivity (Wildman–Crippen MR) is 120 cm³/mol. The van der Waals surface area contributed by atoms with Gasteiger partial charge in [-0.15, -0.1) is 24.8 Å². The number of nitrogens with zero attached hydrogens (tertiary/aromatic N) is 1. The first-order chi connectivity index (χ1) is 13.1. The van der Waals surface area contributed by atoms with Gasteiger partial charge in [-0.1, -0.05) is 18.2 Å². The smallest absolute Gasteiger partial charge is 0.251 e. The van der Waals surface area contributed by atoms with E-state index in [1.54, 1.807) is 12.1 Å². The third-order valence-corrected chi connectivity index (χ3v) is 4.64. The summed E-state index contributed by atoms with van der Waals surface area (Å²) in [5.74, 6) is 0.689. The third kappa shape index (κ3) is 7.74. The Labute approximate surface area is 184 Å². The standard InChI is InChI=1S/C21H27N3O3.2ClH/c1-16-5-6-18(22)14-20(16)21(25)23-15-17-3-2-4-19(13-17)27-12-9-24-7-10-26-11-8-24;;/h2-6,13-14H,7-12,15,22H2,1H3,(H,23,25);2*1H. The monoisotopic (exact) mass is 441 g/mol. The van der Waals surface area contributed by atoms with Gasteiger partial charge in [0.15, 0.2) is 0 Å². The fourth-order valence-corrected chi connectivity index (χ4v) is 3.02. The van der Waals surface area contributed by atoms with E-state index in [-0.39, 0.29) is 30.7 Å². The molecule has 1 fully saturated rings. The Hall–Kier alpha value is -1.99. The van der Waals surface area contributed by atoms with Gasteiger partial charge in [0.1, 0.15) is 12.4 Å². The van der Waals surface area contributed by atoms with Crippen LogP contribution in [0.1, 0.15) is 21.5 Å². The number of hydrogen-bond donors (Lipinski definition) is 2. The number of nitrogen functional groups attached to an aromatic ring is 1. The van der Waals surface area contributed by atoms with Crippen molar-refractivity contribution in [1.82, 2.24) is 10.2 Å². The number of rotatable bonds is 7. The first-order valence-corrected chi connectivity index (χ1v) is 9.28. The SMILES string of the molecule is Cc1ccc(N)cc1C(=O)NCc1cccc(OCCN2CCOCC2)c1.Cl.Cl. The van der Waals surface area contributed by atoms with Crippen molar-refractivity contribution in [2.45, 2.75) is 13.5 Å². The lowest BCUT2D eigenvalue weighted by molar-refractivity contribution is 0.0322. The molecule has 3 N–H and O–H groups in total. The quantitative estimate of drug-likeness (QED) is 0.645. The molecule has 0 saturated carbocycles. The molecule has 160 valence electrons. The Balaban J connectivity index is 0.00000210. The van der Waals surface area contributed by atoms with E-state index < -0.39 is 0 Å². The van der Waals surface area contributed by atoms with E-state index in [1.807, 2.05) is 37.3 Å². The number of aryl methyl sites for hydroxylation is 1. The van der Waals surface area contributed by atoms with Crippen molar-refractivity contribution in [3.8, 4) is 5.75 Å². The van der Waals surface area contributed by atoms with Gasteiger partial charge in [-0.05, 0) is 42.3 Å². The highest BCUT2D eigenvalue weighted by Crippen LogP contribution is 2.15. The Bertz CT molecular complexity index is 784. The normalized spacial score (nSPS) is 13.7. The summed E-state index contributed by atoms with van der Waals surface area (Å²) in [6, 6.07) is 13.2. The van der Waals surface area contributed by atoms with Crippen molar-refractivity contribution in [2.75, 3.05) is 45.2 Å². The molecule has 0 radical (unpaired) electrons. The van der Waals surface area contributed by atoms with Gasteiger partial charge in [0.05, 0.1) is 13.2 Å². The molecule has 6 nitrogen and oxygen atoms in total.